The number of hydrogen-bond acceptors (Lipinski definition) is 4. The second-order valence-corrected chi connectivity index (χ2v) is 8.55. The van der Waals surface area contributed by atoms with Crippen LogP contribution in [-0.4, -0.2) is 43.0 Å². The summed E-state index contributed by atoms with van der Waals surface area (Å²) in [6, 6.07) is 14.4. The van der Waals surface area contributed by atoms with Crippen LogP contribution in [0.15, 0.2) is 42.5 Å². The molecule has 3 rings (SSSR count). The second kappa shape index (κ2) is 10.7. The first-order chi connectivity index (χ1) is 13.5. The Balaban J connectivity index is 0.00000300. The molecule has 6 heteroatoms. The zero-order chi connectivity index (χ0) is 20.1. The molecule has 0 atom stereocenters. The molecular weight excluding hydrogens is 402 g/mol. The fourth-order valence-electron chi connectivity index (χ4n) is 3.23. The average molecular weight is 432 g/mol. The summed E-state index contributed by atoms with van der Waals surface area (Å²) in [5.41, 5.74) is 4.65. The third-order valence-corrected chi connectivity index (χ3v) is 6.11. The van der Waals surface area contributed by atoms with Gasteiger partial charge >= 0.3 is 0 Å². The Morgan fingerprint density at radius 1 is 1.03 bits per heavy atom. The van der Waals surface area contributed by atoms with E-state index >= 15 is 0 Å². The highest BCUT2D eigenvalue weighted by Crippen LogP contribution is 2.32. The van der Waals surface area contributed by atoms with E-state index in [4.69, 9.17) is 4.98 Å². The first-order valence-corrected chi connectivity index (χ1v) is 10.6. The minimum atomic E-state index is 0. The molecule has 0 N–H and O–H groups in total. The van der Waals surface area contributed by atoms with Crippen LogP contribution in [0.3, 0.4) is 0 Å². The van der Waals surface area contributed by atoms with Crippen LogP contribution in [-0.2, 0) is 11.2 Å². The van der Waals surface area contributed by atoms with Gasteiger partial charge in [0.05, 0.1) is 10.2 Å². The fourth-order valence-corrected chi connectivity index (χ4v) is 4.30. The Hall–Kier alpha value is -1.95. The van der Waals surface area contributed by atoms with Crippen molar-refractivity contribution < 1.29 is 4.79 Å². The molecule has 0 fully saturated rings. The molecule has 4 nitrogen and oxygen atoms in total. The van der Waals surface area contributed by atoms with Gasteiger partial charge in [-0.15, -0.1) is 12.4 Å². The first-order valence-electron chi connectivity index (χ1n) is 9.81. The number of nitrogens with zero attached hydrogens (tertiary/aromatic N) is 3. The molecule has 3 aromatic rings. The maximum absolute atomic E-state index is 13.1. The molecule has 0 saturated heterocycles. The van der Waals surface area contributed by atoms with Crippen molar-refractivity contribution in [3.8, 4) is 0 Å². The van der Waals surface area contributed by atoms with E-state index < -0.39 is 0 Å². The van der Waals surface area contributed by atoms with Crippen LogP contribution in [0.5, 0.6) is 0 Å². The number of hydrogen-bond donors (Lipinski definition) is 0. The predicted octanol–water partition coefficient (Wildman–Crippen LogP) is 5.25. The van der Waals surface area contributed by atoms with Crippen LogP contribution >= 0.6 is 23.7 Å². The van der Waals surface area contributed by atoms with E-state index in [1.807, 2.05) is 23.1 Å². The number of thiazole rings is 1. The molecule has 0 spiro atoms. The van der Waals surface area contributed by atoms with Crippen molar-refractivity contribution in [3.63, 3.8) is 0 Å². The first kappa shape index (κ1) is 23.3. The van der Waals surface area contributed by atoms with Crippen LogP contribution in [0.25, 0.3) is 10.2 Å². The predicted molar refractivity (Wildman–Crippen MR) is 127 cm³/mol. The number of aromatic nitrogens is 1. The highest BCUT2D eigenvalue weighted by Gasteiger charge is 2.20. The lowest BCUT2D eigenvalue weighted by molar-refractivity contribution is -0.118. The molecule has 0 bridgehead atoms. The van der Waals surface area contributed by atoms with Crippen molar-refractivity contribution in [2.45, 2.75) is 33.1 Å². The van der Waals surface area contributed by atoms with E-state index in [0.717, 1.165) is 34.7 Å². The molecule has 1 amide bonds. The van der Waals surface area contributed by atoms with E-state index in [2.05, 4.69) is 57.1 Å². The summed E-state index contributed by atoms with van der Waals surface area (Å²) in [5, 5.41) is 0.820. The zero-order valence-electron chi connectivity index (χ0n) is 17.6. The minimum Gasteiger partial charge on any atom is -0.309 e. The lowest BCUT2D eigenvalue weighted by Crippen LogP contribution is -2.33. The van der Waals surface area contributed by atoms with Crippen LogP contribution in [0.4, 0.5) is 5.13 Å². The number of anilines is 1. The van der Waals surface area contributed by atoms with Crippen molar-refractivity contribution in [2.24, 2.45) is 0 Å². The van der Waals surface area contributed by atoms with E-state index in [-0.39, 0.29) is 18.3 Å². The van der Waals surface area contributed by atoms with Crippen molar-refractivity contribution in [1.82, 2.24) is 9.88 Å². The summed E-state index contributed by atoms with van der Waals surface area (Å²) in [6.45, 7) is 5.86. The van der Waals surface area contributed by atoms with Gasteiger partial charge in [0.1, 0.15) is 0 Å². The van der Waals surface area contributed by atoms with Crippen LogP contribution in [0.2, 0.25) is 0 Å². The molecule has 29 heavy (non-hydrogen) atoms. The lowest BCUT2D eigenvalue weighted by Gasteiger charge is -2.21. The molecule has 0 aliphatic carbocycles. The molecule has 0 unspecified atom stereocenters. The number of benzene rings is 2. The normalized spacial score (nSPS) is 10.9. The summed E-state index contributed by atoms with van der Waals surface area (Å²) in [4.78, 5) is 22.0. The number of carbonyl (C=O) groups excluding carboxylic acids is 1. The zero-order valence-corrected chi connectivity index (χ0v) is 19.3. The topological polar surface area (TPSA) is 36.4 Å². The second-order valence-electron chi connectivity index (χ2n) is 7.54. The molecule has 0 aliphatic heterocycles. The van der Waals surface area contributed by atoms with E-state index in [0.29, 0.717) is 13.0 Å². The maximum Gasteiger partial charge on any atom is 0.229 e. The summed E-state index contributed by atoms with van der Waals surface area (Å²) in [5.74, 6) is 0.149. The third kappa shape index (κ3) is 6.01. The monoisotopic (exact) mass is 431 g/mol. The number of carbonyl (C=O) groups is 1. The van der Waals surface area contributed by atoms with Gasteiger partial charge in [0, 0.05) is 13.0 Å². The Bertz CT molecular complexity index is 940. The molecule has 2 aromatic carbocycles. The smallest absolute Gasteiger partial charge is 0.229 e. The van der Waals surface area contributed by atoms with E-state index in [1.54, 1.807) is 11.3 Å². The largest absolute Gasteiger partial charge is 0.309 e. The summed E-state index contributed by atoms with van der Waals surface area (Å²) >= 11 is 1.62. The van der Waals surface area contributed by atoms with Crippen molar-refractivity contribution in [1.29, 1.82) is 0 Å². The Labute approximate surface area is 184 Å². The van der Waals surface area contributed by atoms with Gasteiger partial charge in [0.15, 0.2) is 5.13 Å². The number of amides is 1. The molecule has 1 aromatic heterocycles. The molecule has 1 heterocycles. The van der Waals surface area contributed by atoms with Gasteiger partial charge in [-0.1, -0.05) is 47.7 Å². The molecular formula is C23H30ClN3OS. The third-order valence-electron chi connectivity index (χ3n) is 5.06. The molecule has 0 aliphatic rings. The summed E-state index contributed by atoms with van der Waals surface area (Å²) in [6.07, 6.45) is 2.19. The van der Waals surface area contributed by atoms with Gasteiger partial charge in [-0.2, -0.15) is 0 Å². The number of aryl methyl sites for hydroxylation is 3. The Morgan fingerprint density at radius 3 is 2.45 bits per heavy atom. The van der Waals surface area contributed by atoms with E-state index in [1.165, 1.54) is 16.7 Å². The number of fused-ring (bicyclic) bond motifs is 1. The SMILES string of the molecule is Cc1ccc2sc(N(CCCN(C)C)C(=O)CCc3ccccc3)nc2c1C.Cl. The fraction of sp³-hybridized carbons (Fsp3) is 0.391. The number of rotatable bonds is 8. The van der Waals surface area contributed by atoms with Crippen molar-refractivity contribution in [3.05, 3.63) is 59.2 Å². The van der Waals surface area contributed by atoms with Gasteiger partial charge in [0.2, 0.25) is 5.91 Å². The molecule has 156 valence electrons. The highest BCUT2D eigenvalue weighted by molar-refractivity contribution is 7.22. The van der Waals surface area contributed by atoms with Crippen LogP contribution in [0.1, 0.15) is 29.5 Å². The molecule has 0 radical (unpaired) electrons. The van der Waals surface area contributed by atoms with Gasteiger partial charge < -0.3 is 4.90 Å². The van der Waals surface area contributed by atoms with Gasteiger partial charge in [-0.3, -0.25) is 9.69 Å². The van der Waals surface area contributed by atoms with Gasteiger partial charge in [-0.25, -0.2) is 4.98 Å². The van der Waals surface area contributed by atoms with E-state index in [9.17, 15) is 4.79 Å². The summed E-state index contributed by atoms with van der Waals surface area (Å²) in [7, 11) is 4.12. The maximum atomic E-state index is 13.1. The average Bonchev–Trinajstić information content (AvgIpc) is 3.11. The van der Waals surface area contributed by atoms with Crippen molar-refractivity contribution in [2.75, 3.05) is 32.1 Å². The Kier molecular flexibility index (Phi) is 8.62. The van der Waals surface area contributed by atoms with Crippen LogP contribution < -0.4 is 4.90 Å². The highest BCUT2D eigenvalue weighted by atomic mass is 35.5. The minimum absolute atomic E-state index is 0. The van der Waals surface area contributed by atoms with Crippen molar-refractivity contribution >= 4 is 45.0 Å². The summed E-state index contributed by atoms with van der Waals surface area (Å²) < 4.78 is 1.14. The van der Waals surface area contributed by atoms with Gasteiger partial charge in [-0.05, 0) is 70.1 Å². The Morgan fingerprint density at radius 2 is 1.76 bits per heavy atom. The molecule has 0 saturated carbocycles. The van der Waals surface area contributed by atoms with Gasteiger partial charge in [0.25, 0.3) is 0 Å². The lowest BCUT2D eigenvalue weighted by atomic mass is 10.1. The quantitative estimate of drug-likeness (QED) is 0.488. The number of halogens is 1. The van der Waals surface area contributed by atoms with Crippen LogP contribution in [0, 0.1) is 13.8 Å². The standard InChI is InChI=1S/C23H29N3OS.ClH/c1-17-11-13-20-22(18(17)2)24-23(28-20)26(16-8-15-25(3)4)21(27)14-12-19-9-6-5-7-10-19;/h5-7,9-11,13H,8,12,14-16H2,1-4H3;1H.